The van der Waals surface area contributed by atoms with Gasteiger partial charge in [0.2, 0.25) is 6.79 Å². The molecule has 35 heavy (non-hydrogen) atoms. The van der Waals surface area contributed by atoms with Crippen LogP contribution in [0.4, 0.5) is 5.69 Å². The second kappa shape index (κ2) is 8.84. The molecule has 2 aliphatic heterocycles. The predicted octanol–water partition coefficient (Wildman–Crippen LogP) is 2.44. The number of allylic oxidation sites excluding steroid dienone is 1. The number of benzene rings is 2. The number of nitrogens with zero attached hydrogens (tertiary/aromatic N) is 3. The number of carbonyl (C=O) groups excluding carboxylic acids is 1. The standard InChI is InChI=1S/C24H19N3O7S/c1-3-32-23(29)20-13(2)25-24-26(21(20)15-6-9-17-18(11-15)34-12-33-17)22(28)19(35-24)10-14-4-7-16(8-5-14)27(30)31/h4-11,21H,3,12H2,1-2H3. The van der Waals surface area contributed by atoms with Crippen molar-refractivity contribution in [2.75, 3.05) is 13.4 Å². The van der Waals surface area contributed by atoms with Crippen molar-refractivity contribution >= 4 is 29.1 Å². The van der Waals surface area contributed by atoms with E-state index in [-0.39, 0.29) is 30.2 Å². The highest BCUT2D eigenvalue weighted by atomic mass is 32.1. The third-order valence-electron chi connectivity index (χ3n) is 5.63. The topological polar surface area (TPSA) is 122 Å². The number of aromatic nitrogens is 1. The fraction of sp³-hybridized carbons (Fsp3) is 0.208. The Bertz CT molecular complexity index is 1570. The molecular formula is C24H19N3O7S. The molecule has 0 amide bonds. The summed E-state index contributed by atoms with van der Waals surface area (Å²) >= 11 is 1.17. The Morgan fingerprint density at radius 2 is 2.00 bits per heavy atom. The maximum atomic E-state index is 13.6. The van der Waals surface area contributed by atoms with Crippen LogP contribution in [-0.2, 0) is 9.53 Å². The Kier molecular flexibility index (Phi) is 5.69. The number of hydrogen-bond acceptors (Lipinski definition) is 9. The van der Waals surface area contributed by atoms with E-state index >= 15 is 0 Å². The van der Waals surface area contributed by atoms with Gasteiger partial charge in [-0.15, -0.1) is 0 Å². The molecule has 5 rings (SSSR count). The Morgan fingerprint density at radius 3 is 2.71 bits per heavy atom. The van der Waals surface area contributed by atoms with Crippen LogP contribution >= 0.6 is 11.3 Å². The molecule has 0 fully saturated rings. The van der Waals surface area contributed by atoms with Gasteiger partial charge in [-0.05, 0) is 55.3 Å². The highest BCUT2D eigenvalue weighted by molar-refractivity contribution is 7.07. The van der Waals surface area contributed by atoms with E-state index in [1.807, 2.05) is 0 Å². The largest absolute Gasteiger partial charge is 0.463 e. The summed E-state index contributed by atoms with van der Waals surface area (Å²) in [5.74, 6) is 0.548. The summed E-state index contributed by atoms with van der Waals surface area (Å²) in [6.45, 7) is 3.69. The van der Waals surface area contributed by atoms with Gasteiger partial charge >= 0.3 is 5.97 Å². The van der Waals surface area contributed by atoms with Crippen LogP contribution in [0.5, 0.6) is 11.5 Å². The van der Waals surface area contributed by atoms with E-state index in [4.69, 9.17) is 14.2 Å². The third-order valence-corrected chi connectivity index (χ3v) is 6.61. The molecule has 0 spiro atoms. The first-order valence-electron chi connectivity index (χ1n) is 10.7. The van der Waals surface area contributed by atoms with E-state index in [9.17, 15) is 19.7 Å². The van der Waals surface area contributed by atoms with Crippen LogP contribution in [0.1, 0.15) is 31.0 Å². The molecule has 11 heteroatoms. The number of nitro benzene ring substituents is 1. The van der Waals surface area contributed by atoms with Gasteiger partial charge in [-0.2, -0.15) is 0 Å². The van der Waals surface area contributed by atoms with Crippen LogP contribution in [0.15, 0.2) is 63.5 Å². The summed E-state index contributed by atoms with van der Waals surface area (Å²) in [4.78, 5) is 42.0. The fourth-order valence-electron chi connectivity index (χ4n) is 4.03. The molecule has 2 aliphatic rings. The van der Waals surface area contributed by atoms with Crippen molar-refractivity contribution in [1.82, 2.24) is 4.57 Å². The second-order valence-corrected chi connectivity index (χ2v) is 8.77. The van der Waals surface area contributed by atoms with E-state index < -0.39 is 16.9 Å². The van der Waals surface area contributed by atoms with Gasteiger partial charge in [-0.1, -0.05) is 17.4 Å². The number of carbonyl (C=O) groups is 1. The molecule has 0 N–H and O–H groups in total. The zero-order valence-electron chi connectivity index (χ0n) is 18.7. The number of rotatable bonds is 5. The summed E-state index contributed by atoms with van der Waals surface area (Å²) in [6.07, 6.45) is 1.65. The summed E-state index contributed by atoms with van der Waals surface area (Å²) in [7, 11) is 0. The number of esters is 1. The van der Waals surface area contributed by atoms with Crippen molar-refractivity contribution in [1.29, 1.82) is 0 Å². The van der Waals surface area contributed by atoms with Crippen LogP contribution in [0, 0.1) is 10.1 Å². The van der Waals surface area contributed by atoms with Gasteiger partial charge < -0.3 is 14.2 Å². The van der Waals surface area contributed by atoms with E-state index in [0.717, 1.165) is 0 Å². The Labute approximate surface area is 202 Å². The molecule has 0 saturated heterocycles. The van der Waals surface area contributed by atoms with Gasteiger partial charge in [-0.3, -0.25) is 19.5 Å². The fourth-order valence-corrected chi connectivity index (χ4v) is 5.08. The zero-order valence-corrected chi connectivity index (χ0v) is 19.5. The predicted molar refractivity (Wildman–Crippen MR) is 126 cm³/mol. The molecular weight excluding hydrogens is 474 g/mol. The van der Waals surface area contributed by atoms with Crippen molar-refractivity contribution in [3.05, 3.63) is 94.7 Å². The van der Waals surface area contributed by atoms with E-state index in [1.165, 1.54) is 28.0 Å². The first-order chi connectivity index (χ1) is 16.9. The van der Waals surface area contributed by atoms with Crippen molar-refractivity contribution in [2.24, 2.45) is 4.99 Å². The molecule has 0 aliphatic carbocycles. The first-order valence-corrected chi connectivity index (χ1v) is 11.5. The number of thiazole rings is 1. The molecule has 2 aromatic carbocycles. The van der Waals surface area contributed by atoms with Gasteiger partial charge in [-0.25, -0.2) is 9.79 Å². The quantitative estimate of drug-likeness (QED) is 0.304. The van der Waals surface area contributed by atoms with E-state index in [0.29, 0.717) is 37.7 Å². The maximum absolute atomic E-state index is 13.6. The average Bonchev–Trinajstić information content (AvgIpc) is 3.42. The van der Waals surface area contributed by atoms with Gasteiger partial charge in [0.15, 0.2) is 16.3 Å². The number of fused-ring (bicyclic) bond motifs is 2. The lowest BCUT2D eigenvalue weighted by Crippen LogP contribution is -2.39. The van der Waals surface area contributed by atoms with Crippen LogP contribution in [-0.4, -0.2) is 28.9 Å². The van der Waals surface area contributed by atoms with Crippen molar-refractivity contribution in [3.63, 3.8) is 0 Å². The molecule has 10 nitrogen and oxygen atoms in total. The minimum atomic E-state index is -0.779. The maximum Gasteiger partial charge on any atom is 0.338 e. The van der Waals surface area contributed by atoms with E-state index in [2.05, 4.69) is 4.99 Å². The summed E-state index contributed by atoms with van der Waals surface area (Å²) in [5, 5.41) is 10.9. The minimum Gasteiger partial charge on any atom is -0.463 e. The number of nitro groups is 1. The molecule has 0 saturated carbocycles. The molecule has 3 aromatic rings. The Balaban J connectivity index is 1.68. The van der Waals surface area contributed by atoms with Crippen molar-refractivity contribution < 1.29 is 23.9 Å². The monoisotopic (exact) mass is 493 g/mol. The Morgan fingerprint density at radius 1 is 1.26 bits per heavy atom. The summed E-state index contributed by atoms with van der Waals surface area (Å²) in [6, 6.07) is 10.4. The highest BCUT2D eigenvalue weighted by Gasteiger charge is 2.34. The summed E-state index contributed by atoms with van der Waals surface area (Å²) in [5.41, 5.74) is 1.61. The molecule has 1 unspecified atom stereocenters. The zero-order chi connectivity index (χ0) is 24.7. The second-order valence-electron chi connectivity index (χ2n) is 7.76. The van der Waals surface area contributed by atoms with Gasteiger partial charge in [0.05, 0.1) is 33.4 Å². The molecule has 178 valence electrons. The van der Waals surface area contributed by atoms with Crippen molar-refractivity contribution in [3.8, 4) is 11.5 Å². The highest BCUT2D eigenvalue weighted by Crippen LogP contribution is 2.38. The minimum absolute atomic E-state index is 0.0406. The first kappa shape index (κ1) is 22.5. The van der Waals surface area contributed by atoms with Crippen LogP contribution in [0.2, 0.25) is 0 Å². The van der Waals surface area contributed by atoms with Gasteiger partial charge in [0.1, 0.15) is 0 Å². The van der Waals surface area contributed by atoms with Gasteiger partial charge in [0.25, 0.3) is 11.2 Å². The molecule has 1 atom stereocenters. The van der Waals surface area contributed by atoms with Crippen LogP contribution < -0.4 is 24.4 Å². The van der Waals surface area contributed by atoms with E-state index in [1.54, 1.807) is 50.3 Å². The molecule has 0 bridgehead atoms. The number of hydrogen-bond donors (Lipinski definition) is 0. The van der Waals surface area contributed by atoms with Gasteiger partial charge in [0, 0.05) is 12.1 Å². The lowest BCUT2D eigenvalue weighted by Gasteiger charge is -2.24. The molecule has 0 radical (unpaired) electrons. The van der Waals surface area contributed by atoms with Crippen molar-refractivity contribution in [2.45, 2.75) is 19.9 Å². The Hall–Kier alpha value is -4.25. The smallest absolute Gasteiger partial charge is 0.338 e. The number of ether oxygens (including phenoxy) is 3. The average molecular weight is 493 g/mol. The van der Waals surface area contributed by atoms with Crippen LogP contribution in [0.25, 0.3) is 6.08 Å². The lowest BCUT2D eigenvalue weighted by atomic mass is 9.95. The molecule has 1 aromatic heterocycles. The SMILES string of the molecule is CCOC(=O)C1=C(C)N=c2sc(=Cc3ccc([N+](=O)[O-])cc3)c(=O)n2C1c1ccc2c(c1)OCO2. The number of non-ortho nitro benzene ring substituents is 1. The lowest BCUT2D eigenvalue weighted by molar-refractivity contribution is -0.384. The third kappa shape index (κ3) is 3.99. The molecule has 3 heterocycles. The normalized spacial score (nSPS) is 16.6. The summed E-state index contributed by atoms with van der Waals surface area (Å²) < 4.78 is 18.1. The van der Waals surface area contributed by atoms with Crippen LogP contribution in [0.3, 0.4) is 0 Å².